The van der Waals surface area contributed by atoms with Gasteiger partial charge in [0.1, 0.15) is 0 Å². The Labute approximate surface area is 111 Å². The van der Waals surface area contributed by atoms with Gasteiger partial charge in [0.2, 0.25) is 0 Å². The van der Waals surface area contributed by atoms with E-state index in [9.17, 15) is 13.5 Å². The van der Waals surface area contributed by atoms with Crippen molar-refractivity contribution in [2.24, 2.45) is 17.8 Å². The van der Waals surface area contributed by atoms with Gasteiger partial charge in [-0.05, 0) is 49.9 Å². The first kappa shape index (κ1) is 14.3. The molecule has 0 heterocycles. The van der Waals surface area contributed by atoms with Crippen molar-refractivity contribution in [3.63, 3.8) is 0 Å². The van der Waals surface area contributed by atoms with Crippen molar-refractivity contribution < 1.29 is 13.5 Å². The molecule has 0 aromatic heterocycles. The quantitative estimate of drug-likeness (QED) is 0.841. The predicted molar refractivity (Wildman–Crippen MR) is 73.1 cm³/mol. The average molecular weight is 274 g/mol. The summed E-state index contributed by atoms with van der Waals surface area (Å²) in [7, 11) is -3.14. The second-order valence-electron chi connectivity index (χ2n) is 6.67. The van der Waals surface area contributed by atoms with Crippen LogP contribution in [0.15, 0.2) is 0 Å². The van der Waals surface area contributed by atoms with Gasteiger partial charge >= 0.3 is 0 Å². The summed E-state index contributed by atoms with van der Waals surface area (Å²) in [6.45, 7) is 4.48. The summed E-state index contributed by atoms with van der Waals surface area (Å²) in [6.07, 6.45) is 6.49. The Balaban J connectivity index is 2.20. The number of hydrogen-bond donors (Lipinski definition) is 1. The molecule has 0 amide bonds. The molecule has 2 aliphatic rings. The molecule has 3 nitrogen and oxygen atoms in total. The zero-order valence-corrected chi connectivity index (χ0v) is 12.5. The van der Waals surface area contributed by atoms with Gasteiger partial charge in [-0.1, -0.05) is 20.3 Å². The highest BCUT2D eigenvalue weighted by Gasteiger charge is 2.52. The van der Waals surface area contributed by atoms with E-state index >= 15 is 0 Å². The summed E-state index contributed by atoms with van der Waals surface area (Å²) in [5, 5.41) is 10.4. The minimum Gasteiger partial charge on any atom is -0.388 e. The third kappa shape index (κ3) is 2.46. The van der Waals surface area contributed by atoms with Gasteiger partial charge in [0.05, 0.1) is 10.9 Å². The van der Waals surface area contributed by atoms with E-state index in [1.54, 1.807) is 0 Å². The molecule has 0 aromatic rings. The summed E-state index contributed by atoms with van der Waals surface area (Å²) in [6, 6.07) is 0. The van der Waals surface area contributed by atoms with Crippen LogP contribution in [0.5, 0.6) is 0 Å². The molecular weight excluding hydrogens is 248 g/mol. The third-order valence-corrected chi connectivity index (χ3v) is 7.10. The molecule has 0 spiro atoms. The Kier molecular flexibility index (Phi) is 3.81. The summed E-state index contributed by atoms with van der Waals surface area (Å²) in [5.41, 5.74) is -0.956. The molecule has 0 bridgehead atoms. The van der Waals surface area contributed by atoms with E-state index in [2.05, 4.69) is 13.8 Å². The fourth-order valence-corrected chi connectivity index (χ4v) is 5.68. The standard InChI is InChI=1S/C14H26O3S/c1-10-6-7-12(9-11(10)2)14(15)8-4-5-13(14)18(3,16)17/h10-13,15H,4-9H2,1-3H3. The van der Waals surface area contributed by atoms with Crippen LogP contribution >= 0.6 is 0 Å². The maximum atomic E-state index is 11.9. The van der Waals surface area contributed by atoms with Crippen LogP contribution in [0.4, 0.5) is 0 Å². The topological polar surface area (TPSA) is 54.4 Å². The first-order valence-corrected chi connectivity index (χ1v) is 9.12. The van der Waals surface area contributed by atoms with Gasteiger partial charge in [-0.25, -0.2) is 8.42 Å². The second-order valence-corrected chi connectivity index (χ2v) is 8.89. The summed E-state index contributed by atoms with van der Waals surface area (Å²) >= 11 is 0. The van der Waals surface area contributed by atoms with Crippen LogP contribution in [0.2, 0.25) is 0 Å². The van der Waals surface area contributed by atoms with E-state index in [-0.39, 0.29) is 5.92 Å². The molecule has 2 rings (SSSR count). The first-order chi connectivity index (χ1) is 8.25. The molecule has 2 aliphatic carbocycles. The largest absolute Gasteiger partial charge is 0.388 e. The lowest BCUT2D eigenvalue weighted by Gasteiger charge is -2.42. The molecule has 1 N–H and O–H groups in total. The Morgan fingerprint density at radius 2 is 1.78 bits per heavy atom. The van der Waals surface area contributed by atoms with Crippen LogP contribution in [-0.2, 0) is 9.84 Å². The van der Waals surface area contributed by atoms with Gasteiger partial charge in [-0.15, -0.1) is 0 Å². The van der Waals surface area contributed by atoms with Crippen LogP contribution in [0.25, 0.3) is 0 Å². The van der Waals surface area contributed by atoms with Crippen LogP contribution < -0.4 is 0 Å². The van der Waals surface area contributed by atoms with Crippen LogP contribution in [0.3, 0.4) is 0 Å². The van der Waals surface area contributed by atoms with Crippen LogP contribution in [-0.4, -0.2) is 30.6 Å². The van der Waals surface area contributed by atoms with Crippen molar-refractivity contribution in [3.8, 4) is 0 Å². The van der Waals surface area contributed by atoms with Crippen molar-refractivity contribution in [1.29, 1.82) is 0 Å². The lowest BCUT2D eigenvalue weighted by atomic mass is 9.68. The minimum atomic E-state index is -3.14. The molecule has 2 fully saturated rings. The van der Waals surface area contributed by atoms with Gasteiger partial charge < -0.3 is 5.11 Å². The maximum Gasteiger partial charge on any atom is 0.153 e. The van der Waals surface area contributed by atoms with Gasteiger partial charge in [0.15, 0.2) is 9.84 Å². The molecule has 5 unspecified atom stereocenters. The zero-order chi connectivity index (χ0) is 13.6. The normalized spacial score (nSPS) is 46.2. The molecular formula is C14H26O3S. The van der Waals surface area contributed by atoms with Crippen molar-refractivity contribution in [2.45, 2.75) is 63.2 Å². The van der Waals surface area contributed by atoms with Gasteiger partial charge in [-0.2, -0.15) is 0 Å². The Morgan fingerprint density at radius 1 is 1.11 bits per heavy atom. The van der Waals surface area contributed by atoms with Crippen LogP contribution in [0.1, 0.15) is 52.4 Å². The molecule has 0 saturated heterocycles. The summed E-state index contributed by atoms with van der Waals surface area (Å²) < 4.78 is 23.8. The highest BCUT2D eigenvalue weighted by Crippen LogP contribution is 2.47. The SMILES string of the molecule is CC1CCC(C2(O)CCCC2S(C)(=O)=O)CC1C. The molecule has 0 aliphatic heterocycles. The van der Waals surface area contributed by atoms with E-state index in [4.69, 9.17) is 0 Å². The molecule has 18 heavy (non-hydrogen) atoms. The molecule has 5 atom stereocenters. The Hall–Kier alpha value is -0.0900. The number of rotatable bonds is 2. The number of sulfone groups is 1. The first-order valence-electron chi connectivity index (χ1n) is 7.16. The van der Waals surface area contributed by atoms with E-state index in [1.165, 1.54) is 6.26 Å². The third-order valence-electron chi connectivity index (χ3n) is 5.42. The predicted octanol–water partition coefficient (Wildman–Crippen LogP) is 2.39. The van der Waals surface area contributed by atoms with E-state index in [0.717, 1.165) is 25.7 Å². The smallest absolute Gasteiger partial charge is 0.153 e. The highest BCUT2D eigenvalue weighted by molar-refractivity contribution is 7.91. The van der Waals surface area contributed by atoms with E-state index in [0.29, 0.717) is 24.7 Å². The highest BCUT2D eigenvalue weighted by atomic mass is 32.2. The molecule has 4 heteroatoms. The van der Waals surface area contributed by atoms with Crippen LogP contribution in [0, 0.1) is 17.8 Å². The minimum absolute atomic E-state index is 0.172. The fourth-order valence-electron chi connectivity index (χ4n) is 4.03. The zero-order valence-electron chi connectivity index (χ0n) is 11.7. The molecule has 106 valence electrons. The molecule has 0 aromatic carbocycles. The molecule has 0 radical (unpaired) electrons. The monoisotopic (exact) mass is 274 g/mol. The summed E-state index contributed by atoms with van der Waals surface area (Å²) in [5.74, 6) is 1.46. The lowest BCUT2D eigenvalue weighted by Crippen LogP contribution is -2.50. The Morgan fingerprint density at radius 3 is 2.33 bits per heavy atom. The second kappa shape index (κ2) is 4.78. The maximum absolute atomic E-state index is 11.9. The van der Waals surface area contributed by atoms with Gasteiger partial charge in [0.25, 0.3) is 0 Å². The van der Waals surface area contributed by atoms with Crippen molar-refractivity contribution in [1.82, 2.24) is 0 Å². The van der Waals surface area contributed by atoms with Gasteiger partial charge in [-0.3, -0.25) is 0 Å². The van der Waals surface area contributed by atoms with Gasteiger partial charge in [0, 0.05) is 6.26 Å². The molecule has 2 saturated carbocycles. The lowest BCUT2D eigenvalue weighted by molar-refractivity contribution is -0.0385. The van der Waals surface area contributed by atoms with Crippen molar-refractivity contribution >= 4 is 9.84 Å². The van der Waals surface area contributed by atoms with Crippen molar-refractivity contribution in [3.05, 3.63) is 0 Å². The fraction of sp³-hybridized carbons (Fsp3) is 1.00. The number of aliphatic hydroxyl groups is 1. The van der Waals surface area contributed by atoms with E-state index in [1.807, 2.05) is 0 Å². The Bertz CT molecular complexity index is 403. The average Bonchev–Trinajstić information content (AvgIpc) is 2.65. The van der Waals surface area contributed by atoms with E-state index < -0.39 is 20.7 Å². The number of hydrogen-bond acceptors (Lipinski definition) is 3. The van der Waals surface area contributed by atoms with Crippen molar-refractivity contribution in [2.75, 3.05) is 6.26 Å². The summed E-state index contributed by atoms with van der Waals surface area (Å²) in [4.78, 5) is 0.